The van der Waals surface area contributed by atoms with Gasteiger partial charge in [-0.15, -0.1) is 0 Å². The Bertz CT molecular complexity index is 370. The maximum Gasteiger partial charge on any atom is 0.123 e. The zero-order chi connectivity index (χ0) is 13.0. The number of aromatic nitrogens is 1. The smallest absolute Gasteiger partial charge is 0.123 e. The summed E-state index contributed by atoms with van der Waals surface area (Å²) in [4.78, 5) is 6.70. The lowest BCUT2D eigenvalue weighted by molar-refractivity contribution is 0.168. The molecular formula is C15H25N3. The summed E-state index contributed by atoms with van der Waals surface area (Å²) < 4.78 is 0. The Morgan fingerprint density at radius 3 is 2.72 bits per heavy atom. The van der Waals surface area contributed by atoms with Crippen LogP contribution in [0.2, 0.25) is 0 Å². The van der Waals surface area contributed by atoms with Gasteiger partial charge in [0.15, 0.2) is 0 Å². The zero-order valence-corrected chi connectivity index (χ0v) is 11.6. The Labute approximate surface area is 110 Å². The third-order valence-corrected chi connectivity index (χ3v) is 3.67. The summed E-state index contributed by atoms with van der Waals surface area (Å²) in [6.45, 7) is 6.77. The molecule has 0 aliphatic heterocycles. The number of nitrogens with zero attached hydrogens (tertiary/aromatic N) is 2. The van der Waals surface area contributed by atoms with Crippen molar-refractivity contribution in [3.63, 3.8) is 0 Å². The van der Waals surface area contributed by atoms with Crippen molar-refractivity contribution in [2.45, 2.75) is 52.1 Å². The van der Waals surface area contributed by atoms with Crippen molar-refractivity contribution < 1.29 is 0 Å². The predicted molar refractivity (Wildman–Crippen MR) is 76.2 cm³/mol. The van der Waals surface area contributed by atoms with E-state index in [2.05, 4.69) is 29.8 Å². The van der Waals surface area contributed by atoms with E-state index in [9.17, 15) is 0 Å². The molecule has 2 rings (SSSR count). The topological polar surface area (TPSA) is 42.2 Å². The minimum Gasteiger partial charge on any atom is -0.384 e. The van der Waals surface area contributed by atoms with Crippen LogP contribution in [-0.4, -0.2) is 22.5 Å². The molecule has 0 bridgehead atoms. The lowest BCUT2D eigenvalue weighted by Crippen LogP contribution is -2.35. The molecule has 1 heterocycles. The molecule has 1 aliphatic rings. The Hall–Kier alpha value is -1.09. The fourth-order valence-corrected chi connectivity index (χ4v) is 2.91. The number of pyridine rings is 1. The van der Waals surface area contributed by atoms with Gasteiger partial charge in [0.2, 0.25) is 0 Å². The lowest BCUT2D eigenvalue weighted by atomic mass is 10.1. The molecule has 0 unspecified atom stereocenters. The Balaban J connectivity index is 2.04. The van der Waals surface area contributed by atoms with Gasteiger partial charge in [0.05, 0.1) is 0 Å². The van der Waals surface area contributed by atoms with Crippen LogP contribution in [0.4, 0.5) is 5.82 Å². The van der Waals surface area contributed by atoms with Crippen LogP contribution in [0.15, 0.2) is 18.3 Å². The van der Waals surface area contributed by atoms with Gasteiger partial charge in [0.25, 0.3) is 0 Å². The van der Waals surface area contributed by atoms with Crippen molar-refractivity contribution in [2.75, 3.05) is 12.3 Å². The minimum absolute atomic E-state index is 0.628. The van der Waals surface area contributed by atoms with Crippen molar-refractivity contribution >= 4 is 5.82 Å². The van der Waals surface area contributed by atoms with Crippen LogP contribution in [-0.2, 0) is 6.54 Å². The number of anilines is 1. The number of nitrogens with two attached hydrogens (primary N) is 1. The van der Waals surface area contributed by atoms with Gasteiger partial charge in [-0.25, -0.2) is 4.98 Å². The molecule has 0 aromatic carbocycles. The number of hydrogen-bond acceptors (Lipinski definition) is 3. The first-order chi connectivity index (χ1) is 8.65. The number of hydrogen-bond donors (Lipinski definition) is 1. The highest BCUT2D eigenvalue weighted by molar-refractivity contribution is 5.31. The summed E-state index contributed by atoms with van der Waals surface area (Å²) in [6.07, 6.45) is 7.29. The average molecular weight is 247 g/mol. The summed E-state index contributed by atoms with van der Waals surface area (Å²) in [5, 5.41) is 0. The van der Waals surface area contributed by atoms with Crippen LogP contribution in [0.25, 0.3) is 0 Å². The summed E-state index contributed by atoms with van der Waals surface area (Å²) in [5.41, 5.74) is 7.05. The van der Waals surface area contributed by atoms with Gasteiger partial charge in [-0.1, -0.05) is 26.7 Å². The maximum atomic E-state index is 5.76. The van der Waals surface area contributed by atoms with E-state index in [1.165, 1.54) is 37.8 Å². The van der Waals surface area contributed by atoms with Crippen LogP contribution in [0.5, 0.6) is 0 Å². The van der Waals surface area contributed by atoms with E-state index in [0.29, 0.717) is 11.7 Å². The van der Waals surface area contributed by atoms with Gasteiger partial charge >= 0.3 is 0 Å². The highest BCUT2D eigenvalue weighted by Gasteiger charge is 2.23. The lowest BCUT2D eigenvalue weighted by Gasteiger charge is -2.30. The highest BCUT2D eigenvalue weighted by atomic mass is 15.2. The van der Waals surface area contributed by atoms with E-state index >= 15 is 0 Å². The van der Waals surface area contributed by atoms with E-state index in [4.69, 9.17) is 5.73 Å². The third kappa shape index (κ3) is 3.70. The van der Waals surface area contributed by atoms with Gasteiger partial charge in [-0.3, -0.25) is 4.90 Å². The first-order valence-corrected chi connectivity index (χ1v) is 7.09. The number of nitrogen functional groups attached to an aromatic ring is 1. The van der Waals surface area contributed by atoms with Crippen molar-refractivity contribution in [3.05, 3.63) is 23.9 Å². The number of rotatable bonds is 5. The predicted octanol–water partition coefficient (Wildman–Crippen LogP) is 3.06. The second-order valence-electron chi connectivity index (χ2n) is 5.85. The summed E-state index contributed by atoms with van der Waals surface area (Å²) >= 11 is 0. The molecule has 0 atom stereocenters. The first-order valence-electron chi connectivity index (χ1n) is 7.09. The molecule has 1 aromatic rings. The highest BCUT2D eigenvalue weighted by Crippen LogP contribution is 2.25. The Morgan fingerprint density at radius 2 is 2.11 bits per heavy atom. The molecule has 1 aliphatic carbocycles. The van der Waals surface area contributed by atoms with Crippen LogP contribution in [0.1, 0.15) is 45.1 Å². The van der Waals surface area contributed by atoms with Gasteiger partial charge in [0.1, 0.15) is 5.82 Å². The van der Waals surface area contributed by atoms with E-state index in [1.807, 2.05) is 12.3 Å². The minimum atomic E-state index is 0.628. The van der Waals surface area contributed by atoms with Crippen LogP contribution in [0.3, 0.4) is 0 Å². The monoisotopic (exact) mass is 247 g/mol. The van der Waals surface area contributed by atoms with E-state index in [1.54, 1.807) is 0 Å². The molecule has 100 valence electrons. The molecule has 1 saturated carbocycles. The van der Waals surface area contributed by atoms with Gasteiger partial charge < -0.3 is 5.73 Å². The molecule has 3 nitrogen and oxygen atoms in total. The molecule has 0 radical (unpaired) electrons. The average Bonchev–Trinajstić information content (AvgIpc) is 2.80. The normalized spacial score (nSPS) is 16.9. The fraction of sp³-hybridized carbons (Fsp3) is 0.667. The van der Waals surface area contributed by atoms with Crippen LogP contribution < -0.4 is 5.73 Å². The fourth-order valence-electron chi connectivity index (χ4n) is 2.91. The molecule has 1 fully saturated rings. The second-order valence-corrected chi connectivity index (χ2v) is 5.85. The summed E-state index contributed by atoms with van der Waals surface area (Å²) in [6, 6.07) is 4.85. The molecular weight excluding hydrogens is 222 g/mol. The Kier molecular flexibility index (Phi) is 4.59. The summed E-state index contributed by atoms with van der Waals surface area (Å²) in [5.74, 6) is 1.34. The van der Waals surface area contributed by atoms with Crippen molar-refractivity contribution in [2.24, 2.45) is 5.92 Å². The van der Waals surface area contributed by atoms with Gasteiger partial charge in [0, 0.05) is 25.3 Å². The van der Waals surface area contributed by atoms with Crippen molar-refractivity contribution in [1.82, 2.24) is 9.88 Å². The van der Waals surface area contributed by atoms with Crippen molar-refractivity contribution in [3.8, 4) is 0 Å². The third-order valence-electron chi connectivity index (χ3n) is 3.67. The second kappa shape index (κ2) is 6.19. The van der Waals surface area contributed by atoms with Crippen molar-refractivity contribution in [1.29, 1.82) is 0 Å². The molecule has 3 heteroatoms. The van der Waals surface area contributed by atoms with Gasteiger partial charge in [-0.05, 0) is 36.5 Å². The van der Waals surface area contributed by atoms with Gasteiger partial charge in [-0.2, -0.15) is 0 Å². The quantitative estimate of drug-likeness (QED) is 0.869. The molecule has 0 saturated heterocycles. The van der Waals surface area contributed by atoms with Crippen LogP contribution in [0, 0.1) is 5.92 Å². The molecule has 0 spiro atoms. The summed E-state index contributed by atoms with van der Waals surface area (Å²) in [7, 11) is 0. The molecule has 1 aromatic heterocycles. The van der Waals surface area contributed by atoms with E-state index in [-0.39, 0.29) is 0 Å². The van der Waals surface area contributed by atoms with Crippen LogP contribution >= 0.6 is 0 Å². The van der Waals surface area contributed by atoms with E-state index < -0.39 is 0 Å². The first kappa shape index (κ1) is 13.3. The standard InChI is InChI=1S/C15H25N3/c1-12(2)10-18(14-5-3-4-6-14)11-13-7-8-17-15(16)9-13/h7-9,12,14H,3-6,10-11H2,1-2H3,(H2,16,17). The molecule has 2 N–H and O–H groups in total. The zero-order valence-electron chi connectivity index (χ0n) is 11.6. The molecule has 0 amide bonds. The molecule has 18 heavy (non-hydrogen) atoms. The Morgan fingerprint density at radius 1 is 1.39 bits per heavy atom. The SMILES string of the molecule is CC(C)CN(Cc1ccnc(N)c1)C1CCCC1. The van der Waals surface area contributed by atoms with E-state index in [0.717, 1.165) is 12.6 Å². The largest absolute Gasteiger partial charge is 0.384 e. The maximum absolute atomic E-state index is 5.76.